The molecule has 4 rings (SSSR count). The van der Waals surface area contributed by atoms with Crippen LogP contribution in [0, 0.1) is 20.8 Å². The van der Waals surface area contributed by atoms with E-state index in [1.54, 1.807) is 6.20 Å². The van der Waals surface area contributed by atoms with Gasteiger partial charge in [-0.25, -0.2) is 0 Å². The van der Waals surface area contributed by atoms with Gasteiger partial charge >= 0.3 is 0 Å². The number of nitrogens with zero attached hydrogens (tertiary/aromatic N) is 4. The first kappa shape index (κ1) is 16.5. The van der Waals surface area contributed by atoms with Crippen LogP contribution in [0.1, 0.15) is 28.7 Å². The van der Waals surface area contributed by atoms with Crippen molar-refractivity contribution in [2.75, 3.05) is 16.8 Å². The summed E-state index contributed by atoms with van der Waals surface area (Å²) >= 11 is 0. The van der Waals surface area contributed by atoms with E-state index in [0.717, 1.165) is 25.1 Å². The van der Waals surface area contributed by atoms with Gasteiger partial charge in [0.05, 0.1) is 6.20 Å². The molecule has 1 N–H and O–H groups in total. The van der Waals surface area contributed by atoms with Crippen molar-refractivity contribution in [3.8, 4) is 0 Å². The highest BCUT2D eigenvalue weighted by molar-refractivity contribution is 5.67. The van der Waals surface area contributed by atoms with Crippen molar-refractivity contribution in [1.82, 2.24) is 15.2 Å². The quantitative estimate of drug-likeness (QED) is 0.750. The fourth-order valence-corrected chi connectivity index (χ4v) is 3.72. The minimum absolute atomic E-state index is 0.643. The van der Waals surface area contributed by atoms with Crippen LogP contribution in [-0.4, -0.2) is 21.7 Å². The zero-order chi connectivity index (χ0) is 18.1. The number of aryl methyl sites for hydroxylation is 4. The molecule has 0 radical (unpaired) electrons. The smallest absolute Gasteiger partial charge is 0.251 e. The number of nitrogens with one attached hydrogen (secondary N) is 1. The van der Waals surface area contributed by atoms with Crippen LogP contribution < -0.4 is 10.2 Å². The Balaban J connectivity index is 1.67. The predicted molar refractivity (Wildman–Crippen MR) is 106 cm³/mol. The van der Waals surface area contributed by atoms with E-state index in [1.807, 2.05) is 0 Å². The molecule has 0 bridgehead atoms. The number of hydrogen-bond donors (Lipinski definition) is 1. The van der Waals surface area contributed by atoms with Gasteiger partial charge in [0.15, 0.2) is 5.82 Å². The maximum Gasteiger partial charge on any atom is 0.251 e. The summed E-state index contributed by atoms with van der Waals surface area (Å²) in [5.74, 6) is 1.36. The van der Waals surface area contributed by atoms with Crippen LogP contribution in [0.4, 0.5) is 23.1 Å². The van der Waals surface area contributed by atoms with Crippen molar-refractivity contribution in [3.05, 3.63) is 64.8 Å². The van der Waals surface area contributed by atoms with E-state index in [9.17, 15) is 0 Å². The lowest BCUT2D eigenvalue weighted by Gasteiger charge is -2.29. The third-order valence-electron chi connectivity index (χ3n) is 4.83. The van der Waals surface area contributed by atoms with E-state index in [2.05, 4.69) is 77.6 Å². The SMILES string of the molecule is Cc1cc(C)c(Nc2cnnc(N3CCCc4ccccc43)n2)c(C)c1. The second kappa shape index (κ2) is 6.75. The van der Waals surface area contributed by atoms with Crippen molar-refractivity contribution in [1.29, 1.82) is 0 Å². The molecule has 0 saturated carbocycles. The van der Waals surface area contributed by atoms with E-state index >= 15 is 0 Å². The van der Waals surface area contributed by atoms with Gasteiger partial charge in [-0.15, -0.1) is 5.10 Å². The lowest BCUT2D eigenvalue weighted by molar-refractivity contribution is 0.742. The Morgan fingerprint density at radius 2 is 1.81 bits per heavy atom. The Morgan fingerprint density at radius 1 is 1.04 bits per heavy atom. The monoisotopic (exact) mass is 345 g/mol. The predicted octanol–water partition coefficient (Wildman–Crippen LogP) is 4.62. The first-order valence-corrected chi connectivity index (χ1v) is 9.02. The average Bonchev–Trinajstić information content (AvgIpc) is 2.64. The molecule has 0 spiro atoms. The summed E-state index contributed by atoms with van der Waals surface area (Å²) in [7, 11) is 0. The number of para-hydroxylation sites is 1. The fourth-order valence-electron chi connectivity index (χ4n) is 3.72. The van der Waals surface area contributed by atoms with Crippen LogP contribution in [-0.2, 0) is 6.42 Å². The average molecular weight is 345 g/mol. The summed E-state index contributed by atoms with van der Waals surface area (Å²) in [6, 6.07) is 12.8. The maximum atomic E-state index is 4.74. The molecule has 0 amide bonds. The molecule has 0 atom stereocenters. The van der Waals surface area contributed by atoms with Crippen LogP contribution in [0.15, 0.2) is 42.6 Å². The second-order valence-corrected chi connectivity index (χ2v) is 6.92. The Kier molecular flexibility index (Phi) is 4.29. The van der Waals surface area contributed by atoms with E-state index in [4.69, 9.17) is 4.98 Å². The summed E-state index contributed by atoms with van der Waals surface area (Å²) < 4.78 is 0. The van der Waals surface area contributed by atoms with Crippen LogP contribution in [0.3, 0.4) is 0 Å². The highest BCUT2D eigenvalue weighted by atomic mass is 15.3. The van der Waals surface area contributed by atoms with Crippen LogP contribution in [0.5, 0.6) is 0 Å². The van der Waals surface area contributed by atoms with Gasteiger partial charge in [-0.3, -0.25) is 0 Å². The highest BCUT2D eigenvalue weighted by Crippen LogP contribution is 2.32. The standard InChI is InChI=1S/C21H23N5/c1-14-11-15(2)20(16(3)12-14)23-19-13-22-25-21(24-19)26-10-6-8-17-7-4-5-9-18(17)26/h4-5,7,9,11-13H,6,8,10H2,1-3H3,(H,23,24,25). The van der Waals surface area contributed by atoms with Crippen LogP contribution in [0.2, 0.25) is 0 Å². The Bertz CT molecular complexity index is 928. The molecule has 0 aliphatic carbocycles. The van der Waals surface area contributed by atoms with Crippen LogP contribution >= 0.6 is 0 Å². The highest BCUT2D eigenvalue weighted by Gasteiger charge is 2.20. The number of anilines is 4. The van der Waals surface area contributed by atoms with E-state index < -0.39 is 0 Å². The van der Waals surface area contributed by atoms with Gasteiger partial charge in [0, 0.05) is 17.9 Å². The van der Waals surface area contributed by atoms with Crippen molar-refractivity contribution in [2.45, 2.75) is 33.6 Å². The van der Waals surface area contributed by atoms with Gasteiger partial charge < -0.3 is 10.2 Å². The van der Waals surface area contributed by atoms with Gasteiger partial charge in [0.1, 0.15) is 0 Å². The largest absolute Gasteiger partial charge is 0.338 e. The number of hydrogen-bond acceptors (Lipinski definition) is 5. The Hall–Kier alpha value is -2.95. The molecule has 132 valence electrons. The first-order chi connectivity index (χ1) is 12.6. The lowest BCUT2D eigenvalue weighted by Crippen LogP contribution is -2.26. The molecule has 2 aromatic carbocycles. The summed E-state index contributed by atoms with van der Waals surface area (Å²) in [4.78, 5) is 6.90. The molecule has 0 fully saturated rings. The van der Waals surface area contributed by atoms with Gasteiger partial charge in [-0.05, 0) is 56.4 Å². The molecular weight excluding hydrogens is 322 g/mol. The summed E-state index contributed by atoms with van der Waals surface area (Å²) in [6.45, 7) is 7.24. The normalized spacial score (nSPS) is 13.4. The topological polar surface area (TPSA) is 53.9 Å². The summed E-state index contributed by atoms with van der Waals surface area (Å²) in [5, 5.41) is 11.9. The minimum Gasteiger partial charge on any atom is -0.338 e. The fraction of sp³-hybridized carbons (Fsp3) is 0.286. The molecule has 2 heterocycles. The van der Waals surface area contributed by atoms with Gasteiger partial charge in [0.25, 0.3) is 5.95 Å². The number of benzene rings is 2. The lowest BCUT2D eigenvalue weighted by atomic mass is 10.0. The Morgan fingerprint density at radius 3 is 2.62 bits per heavy atom. The molecule has 1 aliphatic heterocycles. The van der Waals surface area contributed by atoms with E-state index in [0.29, 0.717) is 11.8 Å². The molecular formula is C21H23N5. The molecule has 1 aromatic heterocycles. The third kappa shape index (κ3) is 3.12. The minimum atomic E-state index is 0.643. The van der Waals surface area contributed by atoms with E-state index in [1.165, 1.54) is 27.9 Å². The molecule has 5 heteroatoms. The second-order valence-electron chi connectivity index (χ2n) is 6.92. The molecule has 26 heavy (non-hydrogen) atoms. The van der Waals surface area contributed by atoms with Crippen molar-refractivity contribution in [3.63, 3.8) is 0 Å². The van der Waals surface area contributed by atoms with Gasteiger partial charge in [-0.2, -0.15) is 10.1 Å². The van der Waals surface area contributed by atoms with Crippen molar-refractivity contribution < 1.29 is 0 Å². The first-order valence-electron chi connectivity index (χ1n) is 9.02. The number of fused-ring (bicyclic) bond motifs is 1. The van der Waals surface area contributed by atoms with Gasteiger partial charge in [-0.1, -0.05) is 35.9 Å². The maximum absolute atomic E-state index is 4.74. The third-order valence-corrected chi connectivity index (χ3v) is 4.83. The van der Waals surface area contributed by atoms with Crippen molar-refractivity contribution in [2.24, 2.45) is 0 Å². The molecule has 1 aliphatic rings. The van der Waals surface area contributed by atoms with Crippen LogP contribution in [0.25, 0.3) is 0 Å². The zero-order valence-corrected chi connectivity index (χ0v) is 15.5. The summed E-state index contributed by atoms with van der Waals surface area (Å²) in [5.41, 5.74) is 7.27. The molecule has 5 nitrogen and oxygen atoms in total. The number of rotatable bonds is 3. The molecule has 0 unspecified atom stereocenters. The Labute approximate surface area is 154 Å². The number of aromatic nitrogens is 3. The molecule has 3 aromatic rings. The molecule has 0 saturated heterocycles. The summed E-state index contributed by atoms with van der Waals surface area (Å²) in [6.07, 6.45) is 3.87. The zero-order valence-electron chi connectivity index (χ0n) is 15.5. The van der Waals surface area contributed by atoms with Gasteiger partial charge in [0.2, 0.25) is 0 Å². The van der Waals surface area contributed by atoms with E-state index in [-0.39, 0.29) is 0 Å². The van der Waals surface area contributed by atoms with Crippen molar-refractivity contribution >= 4 is 23.1 Å².